The van der Waals surface area contributed by atoms with Crippen LogP contribution in [0.2, 0.25) is 0 Å². The molecule has 0 atom stereocenters. The summed E-state index contributed by atoms with van der Waals surface area (Å²) >= 11 is 0. The van der Waals surface area contributed by atoms with E-state index in [-0.39, 0.29) is 23.8 Å². The van der Waals surface area contributed by atoms with Crippen LogP contribution < -0.4 is 5.73 Å². The van der Waals surface area contributed by atoms with Crippen molar-refractivity contribution in [3.05, 3.63) is 35.6 Å². The van der Waals surface area contributed by atoms with Crippen molar-refractivity contribution in [1.82, 2.24) is 0 Å². The van der Waals surface area contributed by atoms with Crippen LogP contribution in [0.3, 0.4) is 0 Å². The molecule has 0 aromatic heterocycles. The van der Waals surface area contributed by atoms with Crippen molar-refractivity contribution < 1.29 is 4.39 Å². The molecule has 2 rings (SSSR count). The molecular formula is C12H17ClFN. The molecule has 0 amide bonds. The molecule has 1 nitrogen and oxygen atoms in total. The van der Waals surface area contributed by atoms with Gasteiger partial charge >= 0.3 is 0 Å². The van der Waals surface area contributed by atoms with E-state index in [4.69, 9.17) is 5.73 Å². The van der Waals surface area contributed by atoms with Crippen LogP contribution in [0.4, 0.5) is 4.39 Å². The van der Waals surface area contributed by atoms with E-state index in [0.717, 1.165) is 24.8 Å². The summed E-state index contributed by atoms with van der Waals surface area (Å²) in [6.45, 7) is 0. The average molecular weight is 230 g/mol. The van der Waals surface area contributed by atoms with Gasteiger partial charge in [0.1, 0.15) is 5.82 Å². The third kappa shape index (κ3) is 3.18. The molecule has 15 heavy (non-hydrogen) atoms. The van der Waals surface area contributed by atoms with Crippen molar-refractivity contribution in [3.8, 4) is 0 Å². The normalized spacial score (nSPS) is 18.5. The maximum atomic E-state index is 12.7. The predicted molar refractivity (Wildman–Crippen MR) is 62.7 cm³/mol. The molecule has 1 aliphatic carbocycles. The summed E-state index contributed by atoms with van der Waals surface area (Å²) in [5.41, 5.74) is 7.35. The molecular weight excluding hydrogens is 213 g/mol. The highest BCUT2D eigenvalue weighted by molar-refractivity contribution is 5.85. The fraction of sp³-hybridized carbons (Fsp3) is 0.500. The first-order valence-corrected chi connectivity index (χ1v) is 5.21. The molecule has 0 radical (unpaired) electrons. The van der Waals surface area contributed by atoms with Crippen molar-refractivity contribution in [2.24, 2.45) is 5.73 Å². The molecule has 84 valence electrons. The van der Waals surface area contributed by atoms with E-state index in [0.29, 0.717) is 0 Å². The highest BCUT2D eigenvalue weighted by Gasteiger charge is 2.29. The number of halogens is 2. The maximum absolute atomic E-state index is 12.7. The zero-order valence-corrected chi connectivity index (χ0v) is 9.52. The summed E-state index contributed by atoms with van der Waals surface area (Å²) in [6, 6.07) is 6.69. The summed E-state index contributed by atoms with van der Waals surface area (Å²) in [5, 5.41) is 0. The van der Waals surface area contributed by atoms with Crippen LogP contribution in [0.5, 0.6) is 0 Å². The third-order valence-corrected chi connectivity index (χ3v) is 3.07. The fourth-order valence-electron chi connectivity index (χ4n) is 2.26. The van der Waals surface area contributed by atoms with Gasteiger partial charge in [-0.3, -0.25) is 0 Å². The largest absolute Gasteiger partial charge is 0.325 e. The second-order valence-corrected chi connectivity index (χ2v) is 4.37. The van der Waals surface area contributed by atoms with Crippen molar-refractivity contribution in [2.75, 3.05) is 0 Å². The van der Waals surface area contributed by atoms with E-state index in [1.165, 1.54) is 25.0 Å². The lowest BCUT2D eigenvalue weighted by atomic mass is 9.90. The molecule has 1 aromatic rings. The Hall–Kier alpha value is -0.600. The zero-order chi connectivity index (χ0) is 10.0. The molecule has 0 saturated heterocycles. The maximum Gasteiger partial charge on any atom is 0.123 e. The van der Waals surface area contributed by atoms with Crippen molar-refractivity contribution in [2.45, 2.75) is 37.6 Å². The lowest BCUT2D eigenvalue weighted by molar-refractivity contribution is 0.436. The third-order valence-electron chi connectivity index (χ3n) is 3.07. The van der Waals surface area contributed by atoms with Crippen LogP contribution >= 0.6 is 12.4 Å². The minimum absolute atomic E-state index is 0. The molecule has 0 aliphatic heterocycles. The van der Waals surface area contributed by atoms with Gasteiger partial charge in [-0.15, -0.1) is 12.4 Å². The molecule has 2 N–H and O–H groups in total. The lowest BCUT2D eigenvalue weighted by Crippen LogP contribution is -2.38. The number of hydrogen-bond donors (Lipinski definition) is 1. The van der Waals surface area contributed by atoms with Crippen LogP contribution in [0.1, 0.15) is 31.2 Å². The fourth-order valence-corrected chi connectivity index (χ4v) is 2.26. The van der Waals surface area contributed by atoms with Gasteiger partial charge in [0, 0.05) is 5.54 Å². The smallest absolute Gasteiger partial charge is 0.123 e. The lowest BCUT2D eigenvalue weighted by Gasteiger charge is -2.23. The molecule has 1 fully saturated rings. The minimum Gasteiger partial charge on any atom is -0.325 e. The van der Waals surface area contributed by atoms with Crippen molar-refractivity contribution in [1.29, 1.82) is 0 Å². The van der Waals surface area contributed by atoms with Crippen LogP contribution in [-0.2, 0) is 6.42 Å². The second-order valence-electron chi connectivity index (χ2n) is 4.37. The number of hydrogen-bond acceptors (Lipinski definition) is 1. The van der Waals surface area contributed by atoms with E-state index in [2.05, 4.69) is 0 Å². The Balaban J connectivity index is 0.00000112. The van der Waals surface area contributed by atoms with E-state index < -0.39 is 0 Å². The summed E-state index contributed by atoms with van der Waals surface area (Å²) in [4.78, 5) is 0. The van der Waals surface area contributed by atoms with E-state index in [9.17, 15) is 4.39 Å². The van der Waals surface area contributed by atoms with Gasteiger partial charge in [-0.25, -0.2) is 4.39 Å². The Morgan fingerprint density at radius 1 is 1.13 bits per heavy atom. The molecule has 0 heterocycles. The monoisotopic (exact) mass is 229 g/mol. The van der Waals surface area contributed by atoms with Gasteiger partial charge in [-0.05, 0) is 37.0 Å². The average Bonchev–Trinajstić information content (AvgIpc) is 2.57. The minimum atomic E-state index is -0.175. The van der Waals surface area contributed by atoms with Gasteiger partial charge in [0.15, 0.2) is 0 Å². The first-order valence-electron chi connectivity index (χ1n) is 5.21. The van der Waals surface area contributed by atoms with Gasteiger partial charge in [0.05, 0.1) is 0 Å². The molecule has 1 aliphatic rings. The quantitative estimate of drug-likeness (QED) is 0.829. The first-order chi connectivity index (χ1) is 6.68. The highest BCUT2D eigenvalue weighted by atomic mass is 35.5. The summed E-state index contributed by atoms with van der Waals surface area (Å²) in [5.74, 6) is -0.175. The van der Waals surface area contributed by atoms with Crippen LogP contribution in [0.25, 0.3) is 0 Å². The zero-order valence-electron chi connectivity index (χ0n) is 8.71. The Morgan fingerprint density at radius 2 is 1.67 bits per heavy atom. The van der Waals surface area contributed by atoms with Crippen molar-refractivity contribution >= 4 is 12.4 Å². The summed E-state index contributed by atoms with van der Waals surface area (Å²) < 4.78 is 12.7. The van der Waals surface area contributed by atoms with Crippen LogP contribution in [-0.4, -0.2) is 5.54 Å². The Bertz CT molecular complexity index is 304. The second kappa shape index (κ2) is 4.95. The first kappa shape index (κ1) is 12.5. The number of nitrogens with two attached hydrogens (primary N) is 1. The molecule has 0 bridgehead atoms. The van der Waals surface area contributed by atoms with Crippen LogP contribution in [0, 0.1) is 5.82 Å². The molecule has 1 aromatic carbocycles. The Morgan fingerprint density at radius 3 is 2.20 bits per heavy atom. The van der Waals surface area contributed by atoms with E-state index in [1.807, 2.05) is 12.1 Å². The van der Waals surface area contributed by atoms with Crippen molar-refractivity contribution in [3.63, 3.8) is 0 Å². The molecule has 1 saturated carbocycles. The number of rotatable bonds is 2. The summed E-state index contributed by atoms with van der Waals surface area (Å²) in [7, 11) is 0. The molecule has 0 spiro atoms. The Labute approximate surface area is 96.3 Å². The standard InChI is InChI=1S/C12H16FN.ClH/c13-11-5-3-10(4-6-11)9-12(14)7-1-2-8-12;/h3-6H,1-2,7-9,14H2;1H. The Kier molecular flexibility index (Phi) is 4.12. The SMILES string of the molecule is Cl.NC1(Cc2ccc(F)cc2)CCCC1. The van der Waals surface area contributed by atoms with Gasteiger partial charge in [-0.1, -0.05) is 25.0 Å². The van der Waals surface area contributed by atoms with Gasteiger partial charge in [-0.2, -0.15) is 0 Å². The van der Waals surface area contributed by atoms with E-state index >= 15 is 0 Å². The van der Waals surface area contributed by atoms with E-state index in [1.54, 1.807) is 0 Å². The predicted octanol–water partition coefficient (Wildman–Crippen LogP) is 3.06. The van der Waals surface area contributed by atoms with Gasteiger partial charge in [0.25, 0.3) is 0 Å². The molecule has 3 heteroatoms. The van der Waals surface area contributed by atoms with Crippen LogP contribution in [0.15, 0.2) is 24.3 Å². The topological polar surface area (TPSA) is 26.0 Å². The summed E-state index contributed by atoms with van der Waals surface area (Å²) in [6.07, 6.45) is 5.55. The number of benzene rings is 1. The highest BCUT2D eigenvalue weighted by Crippen LogP contribution is 2.30. The van der Waals surface area contributed by atoms with Gasteiger partial charge < -0.3 is 5.73 Å². The molecule has 0 unspecified atom stereocenters. The van der Waals surface area contributed by atoms with Gasteiger partial charge in [0.2, 0.25) is 0 Å².